The molecule has 2 aromatic carbocycles. The number of aliphatic carboxylic acids is 1. The van der Waals surface area contributed by atoms with E-state index in [1.165, 1.54) is 12.1 Å². The maximum Gasteiger partial charge on any atom is 0.307 e. The molecule has 0 saturated heterocycles. The van der Waals surface area contributed by atoms with Crippen molar-refractivity contribution >= 4 is 11.8 Å². The fourth-order valence-corrected chi connectivity index (χ4v) is 3.72. The van der Waals surface area contributed by atoms with E-state index in [9.17, 15) is 50.4 Å². The number of nitrogens with zero attached hydrogens (tertiary/aromatic N) is 1. The van der Waals surface area contributed by atoms with Gasteiger partial charge in [0.25, 0.3) is 11.7 Å². The van der Waals surface area contributed by atoms with Crippen molar-refractivity contribution in [2.75, 3.05) is 14.1 Å². The Labute approximate surface area is 191 Å². The molecule has 13 nitrogen and oxygen atoms in total. The minimum absolute atomic E-state index is 0.121. The van der Waals surface area contributed by atoms with Gasteiger partial charge in [0.2, 0.25) is 17.3 Å². The molecule has 1 unspecified atom stereocenters. The summed E-state index contributed by atoms with van der Waals surface area (Å²) >= 11 is 0. The molecule has 1 aliphatic heterocycles. The van der Waals surface area contributed by atoms with E-state index in [4.69, 9.17) is 9.84 Å². The third kappa shape index (κ3) is 3.74. The highest BCUT2D eigenvalue weighted by Crippen LogP contribution is 2.54. The summed E-state index contributed by atoms with van der Waals surface area (Å²) in [5.41, 5.74) is -1.18. The van der Waals surface area contributed by atoms with Crippen LogP contribution in [0.4, 0.5) is 0 Å². The number of carbonyl (C=O) groups is 2. The molecule has 0 aromatic heterocycles. The zero-order chi connectivity index (χ0) is 25.7. The van der Waals surface area contributed by atoms with Crippen LogP contribution < -0.4 is 4.74 Å². The standard InChI is InChI=1S/C21H23NO12/c1-22(2)21(32,33)20(30,31)19(29)14-9-5-8(6-12(23)24)3-4-11(9)34-7-10-13(14)16(26)18(28)17(27)15(10)25/h3-5,14,25-28,30-33H,6-7H2,1-2H3,(H,23,24). The number of phenolic OH excluding ortho intramolecular Hbond substituents is 4. The second kappa shape index (κ2) is 8.30. The number of carboxylic acid groups (broad SMARTS) is 1. The van der Waals surface area contributed by atoms with E-state index in [2.05, 4.69) is 0 Å². The largest absolute Gasteiger partial charge is 0.504 e. The van der Waals surface area contributed by atoms with Crippen LogP contribution in [0.5, 0.6) is 28.7 Å². The number of fused-ring (bicyclic) bond motifs is 2. The van der Waals surface area contributed by atoms with Crippen molar-refractivity contribution in [3.8, 4) is 28.7 Å². The molecular weight excluding hydrogens is 458 g/mol. The van der Waals surface area contributed by atoms with Gasteiger partial charge in [0.1, 0.15) is 12.4 Å². The number of carboxylic acids is 1. The number of aliphatic hydroxyl groups is 4. The maximum atomic E-state index is 13.5. The molecule has 9 N–H and O–H groups in total. The number of hydrogen-bond acceptors (Lipinski definition) is 12. The zero-order valence-corrected chi connectivity index (χ0v) is 17.9. The van der Waals surface area contributed by atoms with Crippen LogP contribution in [0.25, 0.3) is 0 Å². The van der Waals surface area contributed by atoms with Gasteiger partial charge in [-0.05, 0) is 25.7 Å². The predicted molar refractivity (Wildman–Crippen MR) is 110 cm³/mol. The number of ether oxygens (including phenoxy) is 1. The lowest BCUT2D eigenvalue weighted by Crippen LogP contribution is -2.67. The minimum atomic E-state index is -3.93. The first-order valence-electron chi connectivity index (χ1n) is 9.70. The van der Waals surface area contributed by atoms with Crippen molar-refractivity contribution in [2.24, 2.45) is 0 Å². The van der Waals surface area contributed by atoms with Gasteiger partial charge >= 0.3 is 5.97 Å². The summed E-state index contributed by atoms with van der Waals surface area (Å²) in [5, 5.41) is 91.6. The number of ketones is 1. The van der Waals surface area contributed by atoms with Crippen LogP contribution in [0.3, 0.4) is 0 Å². The smallest absolute Gasteiger partial charge is 0.307 e. The average molecular weight is 481 g/mol. The Morgan fingerprint density at radius 3 is 2.15 bits per heavy atom. The van der Waals surface area contributed by atoms with Crippen molar-refractivity contribution in [1.82, 2.24) is 4.90 Å². The number of likely N-dealkylation sites (N-methyl/N-ethyl adjacent to an activating group) is 1. The molecule has 0 aliphatic carbocycles. The topological polar surface area (TPSA) is 229 Å². The molecule has 0 spiro atoms. The number of hydrogen-bond donors (Lipinski definition) is 9. The summed E-state index contributed by atoms with van der Waals surface area (Å²) < 4.78 is 5.53. The molecular formula is C21H23NO12. The first kappa shape index (κ1) is 25.0. The van der Waals surface area contributed by atoms with Gasteiger partial charge in [0, 0.05) is 16.7 Å². The van der Waals surface area contributed by atoms with E-state index in [0.717, 1.165) is 20.2 Å². The third-order valence-electron chi connectivity index (χ3n) is 5.64. The molecule has 3 rings (SSSR count). The molecule has 0 radical (unpaired) electrons. The molecule has 1 atom stereocenters. The van der Waals surface area contributed by atoms with E-state index in [1.807, 2.05) is 0 Å². The Kier molecular flexibility index (Phi) is 6.11. The van der Waals surface area contributed by atoms with Crippen LogP contribution in [0.15, 0.2) is 18.2 Å². The second-order valence-electron chi connectivity index (χ2n) is 8.02. The van der Waals surface area contributed by atoms with Crippen molar-refractivity contribution in [1.29, 1.82) is 0 Å². The van der Waals surface area contributed by atoms with E-state index in [-0.39, 0.29) is 16.9 Å². The lowest BCUT2D eigenvalue weighted by molar-refractivity contribution is -0.386. The summed E-state index contributed by atoms with van der Waals surface area (Å²) in [5.74, 6) is -17.2. The van der Waals surface area contributed by atoms with Crippen LogP contribution in [0.2, 0.25) is 0 Å². The van der Waals surface area contributed by atoms with Crippen molar-refractivity contribution in [3.63, 3.8) is 0 Å². The summed E-state index contributed by atoms with van der Waals surface area (Å²) in [7, 11) is 2.04. The maximum absolute atomic E-state index is 13.5. The lowest BCUT2D eigenvalue weighted by Gasteiger charge is -2.39. The van der Waals surface area contributed by atoms with Gasteiger partial charge in [-0.15, -0.1) is 0 Å². The van der Waals surface area contributed by atoms with Crippen molar-refractivity contribution < 1.29 is 60.3 Å². The van der Waals surface area contributed by atoms with Crippen LogP contribution >= 0.6 is 0 Å². The minimum Gasteiger partial charge on any atom is -0.504 e. The van der Waals surface area contributed by atoms with Crippen molar-refractivity contribution in [2.45, 2.75) is 30.6 Å². The molecule has 2 aromatic rings. The van der Waals surface area contributed by atoms with Crippen molar-refractivity contribution in [3.05, 3.63) is 40.5 Å². The fourth-order valence-electron chi connectivity index (χ4n) is 3.72. The summed E-state index contributed by atoms with van der Waals surface area (Å²) in [4.78, 5) is 25.2. The Balaban J connectivity index is 2.39. The predicted octanol–water partition coefficient (Wildman–Crippen LogP) is -1.39. The number of benzene rings is 2. The highest BCUT2D eigenvalue weighted by Gasteiger charge is 2.58. The molecule has 0 saturated carbocycles. The average Bonchev–Trinajstić information content (AvgIpc) is 2.91. The third-order valence-corrected chi connectivity index (χ3v) is 5.64. The monoisotopic (exact) mass is 481 g/mol. The Hall–Kier alpha value is -3.62. The summed E-state index contributed by atoms with van der Waals surface area (Å²) in [6.07, 6.45) is -0.524. The van der Waals surface area contributed by atoms with Crippen LogP contribution in [0.1, 0.15) is 28.2 Å². The van der Waals surface area contributed by atoms with Gasteiger partial charge in [0.05, 0.1) is 12.3 Å². The van der Waals surface area contributed by atoms with Gasteiger partial charge in [-0.1, -0.05) is 12.1 Å². The molecule has 13 heteroatoms. The summed E-state index contributed by atoms with van der Waals surface area (Å²) in [6.45, 7) is -0.585. The number of rotatable bonds is 6. The number of carbonyl (C=O) groups excluding carboxylic acids is 1. The number of aromatic hydroxyl groups is 4. The quantitative estimate of drug-likeness (QED) is 0.132. The Morgan fingerprint density at radius 1 is 1.00 bits per heavy atom. The normalized spacial score (nSPS) is 15.8. The van der Waals surface area contributed by atoms with Gasteiger partial charge in [-0.3, -0.25) is 14.5 Å². The summed E-state index contributed by atoms with van der Waals surface area (Å²) in [6, 6.07) is 3.73. The molecule has 1 heterocycles. The highest BCUT2D eigenvalue weighted by atomic mass is 16.6. The van der Waals surface area contributed by atoms with E-state index in [0.29, 0.717) is 4.90 Å². The molecule has 34 heavy (non-hydrogen) atoms. The Bertz CT molecular complexity index is 1170. The Morgan fingerprint density at radius 2 is 1.59 bits per heavy atom. The van der Waals surface area contributed by atoms with Gasteiger partial charge in [0.15, 0.2) is 11.5 Å². The van der Waals surface area contributed by atoms with Gasteiger partial charge in [-0.2, -0.15) is 0 Å². The lowest BCUT2D eigenvalue weighted by atomic mass is 9.79. The van der Waals surface area contributed by atoms with Crippen LogP contribution in [-0.2, 0) is 22.6 Å². The SMILES string of the molecule is CN(C)C(O)(O)C(O)(O)C(=O)C1c2cc(CC(=O)O)ccc2OCc2c(O)c(O)c(O)c(O)c21. The van der Waals surface area contributed by atoms with Crippen LogP contribution in [0, 0.1) is 0 Å². The van der Waals surface area contributed by atoms with E-state index >= 15 is 0 Å². The number of Topliss-reactive ketones (excluding diaryl/α,β-unsaturated/α-hetero) is 1. The molecule has 0 amide bonds. The molecule has 1 aliphatic rings. The molecule has 184 valence electrons. The first-order chi connectivity index (χ1) is 15.6. The van der Waals surface area contributed by atoms with Gasteiger partial charge < -0.3 is 50.7 Å². The van der Waals surface area contributed by atoms with E-state index in [1.54, 1.807) is 0 Å². The van der Waals surface area contributed by atoms with E-state index < -0.39 is 76.5 Å². The fraction of sp³-hybridized carbons (Fsp3) is 0.333. The highest BCUT2D eigenvalue weighted by molar-refractivity contribution is 5.97. The van der Waals surface area contributed by atoms with Gasteiger partial charge in [-0.25, -0.2) is 0 Å². The first-order valence-corrected chi connectivity index (χ1v) is 9.70. The van der Waals surface area contributed by atoms with Crippen LogP contribution in [-0.4, -0.2) is 88.4 Å². The zero-order valence-electron chi connectivity index (χ0n) is 17.9. The molecule has 0 bridgehead atoms. The number of phenols is 4. The second-order valence-corrected chi connectivity index (χ2v) is 8.02. The molecule has 0 fully saturated rings.